The van der Waals surface area contributed by atoms with Crippen molar-refractivity contribution in [3.63, 3.8) is 0 Å². The Morgan fingerprint density at radius 2 is 1.33 bits per heavy atom. The van der Waals surface area contributed by atoms with Gasteiger partial charge in [0.05, 0.1) is 0 Å². The lowest BCUT2D eigenvalue weighted by atomic mass is 9.99. The number of carbonyl (C=O) groups is 1. The van der Waals surface area contributed by atoms with Crippen LogP contribution in [0.2, 0.25) is 0 Å². The van der Waals surface area contributed by atoms with Crippen LogP contribution in [-0.4, -0.2) is 43.1 Å². The number of halogens is 13. The molecule has 0 bridgehead atoms. The highest BCUT2D eigenvalue weighted by Gasteiger charge is 2.80. The molecule has 0 aliphatic carbocycles. The molecule has 0 aliphatic rings. The van der Waals surface area contributed by atoms with Crippen LogP contribution in [0.5, 0.6) is 5.75 Å². The number of anilines is 1. The van der Waals surface area contributed by atoms with Gasteiger partial charge in [0, 0.05) is 11.3 Å². The topological polar surface area (TPSA) is 56.8 Å². The molecule has 18 heteroatoms. The Hall–Kier alpha value is -3.28. The molecule has 1 unspecified atom stereocenters. The summed E-state index contributed by atoms with van der Waals surface area (Å²) < 4.78 is 182. The highest BCUT2D eigenvalue weighted by molar-refractivity contribution is 5.92. The first-order chi connectivity index (χ1) is 19.0. The fourth-order valence-corrected chi connectivity index (χ4v) is 3.10. The number of alkyl halides is 13. The van der Waals surface area contributed by atoms with Crippen molar-refractivity contribution in [3.05, 3.63) is 59.7 Å². The quantitative estimate of drug-likeness (QED) is 0.226. The smallest absolute Gasteiger partial charge is 0.484 e. The van der Waals surface area contributed by atoms with Gasteiger partial charge in [0.25, 0.3) is 5.91 Å². The van der Waals surface area contributed by atoms with Gasteiger partial charge in [0.15, 0.2) is 6.61 Å². The van der Waals surface area contributed by atoms with Crippen LogP contribution in [0.15, 0.2) is 48.5 Å². The van der Waals surface area contributed by atoms with Crippen molar-refractivity contribution in [3.8, 4) is 5.75 Å². The minimum atomic E-state index is -7.53. The molecule has 42 heavy (non-hydrogen) atoms. The van der Waals surface area contributed by atoms with E-state index in [-0.39, 0.29) is 23.8 Å². The van der Waals surface area contributed by atoms with Crippen molar-refractivity contribution in [2.45, 2.75) is 62.7 Å². The third-order valence-electron chi connectivity index (χ3n) is 5.54. The Kier molecular flexibility index (Phi) is 10.1. The summed E-state index contributed by atoms with van der Waals surface area (Å²) in [6, 6.07) is 8.16. The van der Waals surface area contributed by atoms with Crippen molar-refractivity contribution in [2.24, 2.45) is 0 Å². The van der Waals surface area contributed by atoms with E-state index in [1.165, 1.54) is 12.1 Å². The predicted molar refractivity (Wildman–Crippen MR) is 118 cm³/mol. The monoisotopic (exact) mass is 633 g/mol. The Bertz CT molecular complexity index is 1220. The average Bonchev–Trinajstić information content (AvgIpc) is 2.85. The maximum Gasteiger partial charge on any atom is 0.527 e. The van der Waals surface area contributed by atoms with Gasteiger partial charge in [0.1, 0.15) is 5.75 Å². The first-order valence-electron chi connectivity index (χ1n) is 11.4. The van der Waals surface area contributed by atoms with E-state index in [1.54, 1.807) is 16.9 Å². The first kappa shape index (κ1) is 34.9. The minimum absolute atomic E-state index is 0.0771. The predicted octanol–water partition coefficient (Wildman–Crippen LogP) is 8.28. The van der Waals surface area contributed by atoms with Crippen LogP contribution in [0.4, 0.5) is 62.8 Å². The lowest BCUT2D eigenvalue weighted by Gasteiger charge is -2.35. The summed E-state index contributed by atoms with van der Waals surface area (Å²) in [6.45, 7) is 3.21. The summed E-state index contributed by atoms with van der Waals surface area (Å²) >= 11 is 0. The molecule has 0 aliphatic heterocycles. The van der Waals surface area contributed by atoms with Crippen molar-refractivity contribution in [2.75, 3.05) is 11.9 Å². The van der Waals surface area contributed by atoms with Crippen molar-refractivity contribution in [1.29, 1.82) is 0 Å². The molecule has 2 rings (SSSR count). The standard InChI is InChI=1S/C24H20F13NO4/c1-3-13(2)14-7-9-17(10-8-14)40-12-18(39)38-16-6-4-5-15(11-16)19(25,26)21(29,30)41-22(31,32)20(27,28)23(33,34)42-24(35,36)37/h4-11,13H,3,12H2,1-2H3,(H,38,39). The van der Waals surface area contributed by atoms with E-state index in [4.69, 9.17) is 4.74 Å². The van der Waals surface area contributed by atoms with Crippen LogP contribution in [0.1, 0.15) is 37.3 Å². The summed E-state index contributed by atoms with van der Waals surface area (Å²) in [4.78, 5) is 12.1. The highest BCUT2D eigenvalue weighted by atomic mass is 19.4. The molecule has 5 nitrogen and oxygen atoms in total. The van der Waals surface area contributed by atoms with Gasteiger partial charge in [0.2, 0.25) is 0 Å². The van der Waals surface area contributed by atoms with Gasteiger partial charge in [-0.25, -0.2) is 9.47 Å². The fraction of sp³-hybridized carbons (Fsp3) is 0.458. The van der Waals surface area contributed by atoms with E-state index >= 15 is 0 Å². The minimum Gasteiger partial charge on any atom is -0.484 e. The van der Waals surface area contributed by atoms with Crippen molar-refractivity contribution >= 4 is 11.6 Å². The van der Waals surface area contributed by atoms with Gasteiger partial charge >= 0.3 is 36.5 Å². The molecule has 1 atom stereocenters. The molecule has 1 amide bonds. The Morgan fingerprint density at radius 1 is 0.786 bits per heavy atom. The second-order valence-electron chi connectivity index (χ2n) is 8.64. The first-order valence-corrected chi connectivity index (χ1v) is 11.4. The zero-order valence-corrected chi connectivity index (χ0v) is 21.2. The zero-order chi connectivity index (χ0) is 32.4. The van der Waals surface area contributed by atoms with Gasteiger partial charge in [-0.05, 0) is 42.2 Å². The molecular weight excluding hydrogens is 613 g/mol. The molecule has 2 aromatic rings. The normalized spacial score (nSPS) is 14.5. The highest BCUT2D eigenvalue weighted by Crippen LogP contribution is 2.54. The van der Waals surface area contributed by atoms with E-state index < -0.39 is 60.3 Å². The van der Waals surface area contributed by atoms with Crippen LogP contribution in [0, 0.1) is 0 Å². The third kappa shape index (κ3) is 7.96. The van der Waals surface area contributed by atoms with E-state index in [1.807, 2.05) is 23.9 Å². The average molecular weight is 633 g/mol. The summed E-state index contributed by atoms with van der Waals surface area (Å²) in [6.07, 6.45) is -27.1. The van der Waals surface area contributed by atoms with Crippen LogP contribution in [0.3, 0.4) is 0 Å². The van der Waals surface area contributed by atoms with Gasteiger partial charge in [-0.1, -0.05) is 38.1 Å². The number of nitrogens with one attached hydrogen (secondary N) is 1. The lowest BCUT2D eigenvalue weighted by Crippen LogP contribution is -2.61. The Balaban J connectivity index is 2.17. The molecule has 0 fully saturated rings. The van der Waals surface area contributed by atoms with Crippen LogP contribution < -0.4 is 10.1 Å². The maximum absolute atomic E-state index is 14.4. The number of benzene rings is 2. The number of rotatable bonds is 13. The van der Waals surface area contributed by atoms with Crippen LogP contribution >= 0.6 is 0 Å². The van der Waals surface area contributed by atoms with Gasteiger partial charge in [-0.2, -0.15) is 43.9 Å². The number of ether oxygens (including phenoxy) is 3. The SMILES string of the molecule is CCC(C)c1ccc(OCC(=O)Nc2cccc(C(F)(F)C(F)(F)OC(F)(F)C(F)(F)C(F)(F)OC(F)(F)F)c2)cc1. The molecule has 2 aromatic carbocycles. The molecule has 0 spiro atoms. The summed E-state index contributed by atoms with van der Waals surface area (Å²) in [5.41, 5.74) is -1.65. The number of amides is 1. The molecule has 0 radical (unpaired) electrons. The van der Waals surface area contributed by atoms with E-state index in [0.717, 1.165) is 18.1 Å². The summed E-state index contributed by atoms with van der Waals surface area (Å²) in [7, 11) is 0. The number of carbonyl (C=O) groups excluding carboxylic acids is 1. The lowest BCUT2D eigenvalue weighted by molar-refractivity contribution is -0.535. The van der Waals surface area contributed by atoms with Crippen molar-refractivity contribution < 1.29 is 76.1 Å². The molecule has 0 saturated heterocycles. The van der Waals surface area contributed by atoms with Gasteiger partial charge in [-0.3, -0.25) is 4.79 Å². The van der Waals surface area contributed by atoms with Crippen molar-refractivity contribution in [1.82, 2.24) is 0 Å². The van der Waals surface area contributed by atoms with E-state index in [0.29, 0.717) is 6.07 Å². The summed E-state index contributed by atoms with van der Waals surface area (Å²) in [5.74, 6) is -14.1. The summed E-state index contributed by atoms with van der Waals surface area (Å²) in [5, 5.41) is 1.96. The van der Waals surface area contributed by atoms with Gasteiger partial charge in [-0.15, -0.1) is 13.2 Å². The molecule has 1 N–H and O–H groups in total. The Morgan fingerprint density at radius 3 is 1.86 bits per heavy atom. The molecular formula is C24H20F13NO4. The number of hydrogen-bond donors (Lipinski definition) is 1. The molecule has 0 saturated carbocycles. The Labute approximate surface area is 228 Å². The van der Waals surface area contributed by atoms with Crippen LogP contribution in [-0.2, 0) is 20.2 Å². The second kappa shape index (κ2) is 12.1. The van der Waals surface area contributed by atoms with E-state index in [9.17, 15) is 61.9 Å². The third-order valence-corrected chi connectivity index (χ3v) is 5.54. The fourth-order valence-electron chi connectivity index (χ4n) is 3.10. The zero-order valence-electron chi connectivity index (χ0n) is 21.2. The number of hydrogen-bond acceptors (Lipinski definition) is 4. The molecule has 236 valence electrons. The maximum atomic E-state index is 14.4. The molecule has 0 aromatic heterocycles. The largest absolute Gasteiger partial charge is 0.527 e. The van der Waals surface area contributed by atoms with E-state index in [2.05, 4.69) is 0 Å². The van der Waals surface area contributed by atoms with Crippen LogP contribution in [0.25, 0.3) is 0 Å². The van der Waals surface area contributed by atoms with Gasteiger partial charge < -0.3 is 10.1 Å². The second-order valence-corrected chi connectivity index (χ2v) is 8.64. The molecule has 0 heterocycles.